The van der Waals surface area contributed by atoms with Crippen LogP contribution in [-0.4, -0.2) is 20.6 Å². The van der Waals surface area contributed by atoms with Gasteiger partial charge in [0.2, 0.25) is 0 Å². The van der Waals surface area contributed by atoms with E-state index < -0.39 is 0 Å². The summed E-state index contributed by atoms with van der Waals surface area (Å²) in [5, 5.41) is 1.59. The fourth-order valence-corrected chi connectivity index (χ4v) is 24.6. The van der Waals surface area contributed by atoms with Gasteiger partial charge >= 0.3 is 0 Å². The average molecular weight is 797 g/mol. The van der Waals surface area contributed by atoms with Crippen LogP contribution in [0.25, 0.3) is 0 Å². The molecule has 0 saturated heterocycles. The first-order chi connectivity index (χ1) is 24.4. The molecule has 54 heavy (non-hydrogen) atoms. The highest BCUT2D eigenvalue weighted by atomic mass is 31.1. The molecule has 0 aromatic heterocycles. The maximum atomic E-state index is 2.48. The summed E-state index contributed by atoms with van der Waals surface area (Å²) < 4.78 is 0. The lowest BCUT2D eigenvalue weighted by Crippen LogP contribution is -2.20. The zero-order chi connectivity index (χ0) is 37.4. The summed E-state index contributed by atoms with van der Waals surface area (Å²) in [5.74, 6) is 0. The highest BCUT2D eigenvalue weighted by Crippen LogP contribution is 2.82. The van der Waals surface area contributed by atoms with Crippen molar-refractivity contribution in [1.29, 1.82) is 0 Å². The second kappa shape index (κ2) is 16.1. The summed E-state index contributed by atoms with van der Waals surface area (Å²) in [4.78, 5) is 0. The van der Waals surface area contributed by atoms with Crippen LogP contribution in [0.2, 0.25) is 0 Å². The average Bonchev–Trinajstić information content (AvgIpc) is 3.83. The van der Waals surface area contributed by atoms with E-state index in [9.17, 15) is 0 Å². The zero-order valence-corrected chi connectivity index (χ0v) is 37.7. The van der Waals surface area contributed by atoms with Crippen LogP contribution in [0.5, 0.6) is 0 Å². The van der Waals surface area contributed by atoms with Crippen LogP contribution in [0.15, 0.2) is 97.1 Å². The summed E-state index contributed by atoms with van der Waals surface area (Å²) in [5.41, 5.74) is 16.1. The fraction of sp³-hybridized carbons (Fsp3) is 0.520. The Balaban J connectivity index is 0.000000200. The second-order valence-corrected chi connectivity index (χ2v) is 32.4. The first kappa shape index (κ1) is 43.7. The molecule has 4 aromatic carbocycles. The van der Waals surface area contributed by atoms with E-state index in [2.05, 4.69) is 180 Å². The Hall–Kier alpha value is -1.40. The number of fused-ring (bicyclic) bond motifs is 4. The molecule has 0 unspecified atom stereocenters. The molecule has 0 fully saturated rings. The van der Waals surface area contributed by atoms with Crippen molar-refractivity contribution in [3.8, 4) is 0 Å². The van der Waals surface area contributed by atoms with E-state index in [4.69, 9.17) is 0 Å². The molecule has 4 aliphatic rings. The maximum Gasteiger partial charge on any atom is 0.0161 e. The van der Waals surface area contributed by atoms with E-state index in [1.54, 1.807) is 44.5 Å². The van der Waals surface area contributed by atoms with Crippen LogP contribution in [0.1, 0.15) is 165 Å². The molecular formula is C50H72P4. The predicted octanol–water partition coefficient (Wildman–Crippen LogP) is 17.4. The van der Waals surface area contributed by atoms with Crippen molar-refractivity contribution in [2.24, 2.45) is 0 Å². The van der Waals surface area contributed by atoms with Gasteiger partial charge < -0.3 is 0 Å². The molecular weight excluding hydrogens is 724 g/mol. The Bertz CT molecular complexity index is 1620. The van der Waals surface area contributed by atoms with E-state index in [1.807, 2.05) is 0 Å². The summed E-state index contributed by atoms with van der Waals surface area (Å²) in [6, 6.07) is 37.5. The van der Waals surface area contributed by atoms with E-state index in [0.29, 0.717) is 20.6 Å². The third-order valence-corrected chi connectivity index (χ3v) is 27.3. The van der Waals surface area contributed by atoms with Crippen molar-refractivity contribution >= 4 is 31.7 Å². The quantitative estimate of drug-likeness (QED) is 0.177. The summed E-state index contributed by atoms with van der Waals surface area (Å²) >= 11 is 0. The largest absolute Gasteiger partial charge is 0.0880 e. The van der Waals surface area contributed by atoms with Gasteiger partial charge in [0.15, 0.2) is 0 Å². The predicted molar refractivity (Wildman–Crippen MR) is 252 cm³/mol. The van der Waals surface area contributed by atoms with E-state index in [0.717, 1.165) is 22.6 Å². The van der Waals surface area contributed by atoms with Crippen LogP contribution in [0.4, 0.5) is 0 Å². The molecule has 0 N–H and O–H groups in total. The van der Waals surface area contributed by atoms with Crippen LogP contribution < -0.4 is 0 Å². The molecule has 0 aliphatic carbocycles. The highest BCUT2D eigenvalue weighted by Gasteiger charge is 2.52. The van der Waals surface area contributed by atoms with Crippen LogP contribution in [0, 0.1) is 0 Å². The Labute approximate surface area is 337 Å². The van der Waals surface area contributed by atoms with Gasteiger partial charge in [0.1, 0.15) is 0 Å². The smallest absolute Gasteiger partial charge is 0.0161 e. The molecule has 0 nitrogen and oxygen atoms in total. The third-order valence-electron chi connectivity index (χ3n) is 12.2. The lowest BCUT2D eigenvalue weighted by Gasteiger charge is -2.42. The molecule has 0 radical (unpaired) electrons. The monoisotopic (exact) mass is 796 g/mol. The molecule has 4 aliphatic heterocycles. The van der Waals surface area contributed by atoms with Crippen molar-refractivity contribution in [2.45, 2.75) is 166 Å². The van der Waals surface area contributed by atoms with Gasteiger partial charge in [-0.25, -0.2) is 0 Å². The van der Waals surface area contributed by atoms with Crippen molar-refractivity contribution in [2.75, 3.05) is 0 Å². The van der Waals surface area contributed by atoms with E-state index in [-0.39, 0.29) is 46.5 Å². The highest BCUT2D eigenvalue weighted by molar-refractivity contribution is 7.64. The zero-order valence-electron chi connectivity index (χ0n) is 34.2. The molecule has 4 heterocycles. The number of benzene rings is 4. The fourth-order valence-electron chi connectivity index (χ4n) is 9.65. The normalized spacial score (nSPS) is 27.0. The molecule has 292 valence electrons. The van der Waals surface area contributed by atoms with Crippen LogP contribution in [-0.2, 0) is 24.6 Å². The van der Waals surface area contributed by atoms with Gasteiger partial charge in [-0.05, 0) is 89.8 Å². The summed E-state index contributed by atoms with van der Waals surface area (Å²) in [6.07, 6.45) is 5.24. The third kappa shape index (κ3) is 8.28. The topological polar surface area (TPSA) is 0 Å². The standard InChI is InChI=1S/2C24H32P2.2CH4/c2*1-23(2,3)25-15-17-11-7-9-13-19(17)21(25)22-20-14-10-8-12-18(20)16-26(22)24(4,5)6;;/h2*7-14,21-22H,15-16H2,1-6H3;2*1H4/t2*21-,22-,25+,26+;;/m10../s1. The number of hydrogen-bond acceptors (Lipinski definition) is 0. The minimum absolute atomic E-state index is 0. The molecule has 0 bridgehead atoms. The second-order valence-electron chi connectivity index (χ2n) is 19.8. The van der Waals surface area contributed by atoms with Gasteiger partial charge in [-0.2, -0.15) is 0 Å². The lowest BCUT2D eigenvalue weighted by atomic mass is 9.98. The van der Waals surface area contributed by atoms with Gasteiger partial charge in [-0.3, -0.25) is 0 Å². The van der Waals surface area contributed by atoms with Crippen molar-refractivity contribution < 1.29 is 0 Å². The molecule has 0 amide bonds. The number of rotatable bonds is 2. The Morgan fingerprint density at radius 2 is 0.481 bits per heavy atom. The Kier molecular flexibility index (Phi) is 13.0. The SMILES string of the molecule is C.C.CC(C)(C)[P@@]1Cc2ccccc2[C@@H]1[C@H]1c2ccccc2C[P@]1C(C)(C)C.CC(C)(C)[P@]1Cc2ccccc2[C@H]1[C@@H]1c2ccccc2C[P@@]1C(C)(C)C. The molecule has 8 rings (SSSR count). The minimum Gasteiger partial charge on any atom is -0.0880 e. The Morgan fingerprint density at radius 3 is 0.648 bits per heavy atom. The van der Waals surface area contributed by atoms with E-state index >= 15 is 0 Å². The molecule has 0 spiro atoms. The molecule has 4 heteroatoms. The van der Waals surface area contributed by atoms with Gasteiger partial charge in [0.25, 0.3) is 0 Å². The molecule has 4 aromatic rings. The van der Waals surface area contributed by atoms with Crippen molar-refractivity contribution in [3.05, 3.63) is 142 Å². The summed E-state index contributed by atoms with van der Waals surface area (Å²) in [7, 11) is -0.278. The van der Waals surface area contributed by atoms with Crippen molar-refractivity contribution in [3.63, 3.8) is 0 Å². The van der Waals surface area contributed by atoms with Crippen LogP contribution >= 0.6 is 31.7 Å². The molecule has 0 saturated carbocycles. The lowest BCUT2D eigenvalue weighted by molar-refractivity contribution is 0.736. The van der Waals surface area contributed by atoms with Gasteiger partial charge in [0, 0.05) is 22.6 Å². The minimum atomic E-state index is -0.0695. The van der Waals surface area contributed by atoms with Gasteiger partial charge in [-0.1, -0.05) is 227 Å². The van der Waals surface area contributed by atoms with E-state index in [1.165, 1.54) is 24.6 Å². The first-order valence-electron chi connectivity index (χ1n) is 19.7. The summed E-state index contributed by atoms with van der Waals surface area (Å²) in [6.45, 7) is 29.8. The van der Waals surface area contributed by atoms with Gasteiger partial charge in [-0.15, -0.1) is 0 Å². The van der Waals surface area contributed by atoms with Crippen LogP contribution in [0.3, 0.4) is 0 Å². The first-order valence-corrected chi connectivity index (χ1v) is 26.1. The molecule has 8 atom stereocenters. The number of hydrogen-bond donors (Lipinski definition) is 0. The maximum absolute atomic E-state index is 2.48. The Morgan fingerprint density at radius 1 is 0.315 bits per heavy atom. The van der Waals surface area contributed by atoms with Gasteiger partial charge in [0.05, 0.1) is 0 Å². The van der Waals surface area contributed by atoms with Crippen molar-refractivity contribution in [1.82, 2.24) is 0 Å².